The summed E-state index contributed by atoms with van der Waals surface area (Å²) in [6.07, 6.45) is 3.56. The number of carbonyl (C=O) groups excluding carboxylic acids is 2. The van der Waals surface area contributed by atoms with E-state index in [0.29, 0.717) is 24.1 Å². The number of aliphatic carboxylic acids is 1. The Kier molecular flexibility index (Phi) is 6.56. The lowest BCUT2D eigenvalue weighted by Crippen LogP contribution is -2.37. The van der Waals surface area contributed by atoms with E-state index in [1.165, 1.54) is 0 Å². The predicted octanol–water partition coefficient (Wildman–Crippen LogP) is 3.04. The maximum absolute atomic E-state index is 12.6. The van der Waals surface area contributed by atoms with E-state index in [-0.39, 0.29) is 17.9 Å². The van der Waals surface area contributed by atoms with Crippen molar-refractivity contribution < 1.29 is 19.5 Å². The van der Waals surface area contributed by atoms with E-state index in [1.54, 1.807) is 24.3 Å². The summed E-state index contributed by atoms with van der Waals surface area (Å²) in [4.78, 5) is 36.4. The van der Waals surface area contributed by atoms with Crippen LogP contribution in [0.15, 0.2) is 24.3 Å². The van der Waals surface area contributed by atoms with Crippen LogP contribution in [0.4, 0.5) is 5.69 Å². The highest BCUT2D eigenvalue weighted by Gasteiger charge is 2.36. The van der Waals surface area contributed by atoms with Crippen LogP contribution in [0, 0.1) is 11.8 Å². The zero-order valence-electron chi connectivity index (χ0n) is 14.7. The maximum Gasteiger partial charge on any atom is 0.307 e. The molecule has 0 radical (unpaired) electrons. The van der Waals surface area contributed by atoms with E-state index in [1.807, 2.05) is 13.8 Å². The van der Waals surface area contributed by atoms with Crippen molar-refractivity contribution >= 4 is 23.5 Å². The van der Waals surface area contributed by atoms with Gasteiger partial charge in [-0.25, -0.2) is 0 Å². The molecule has 0 aromatic heterocycles. The van der Waals surface area contributed by atoms with Crippen LogP contribution >= 0.6 is 0 Å². The van der Waals surface area contributed by atoms with E-state index in [9.17, 15) is 19.5 Å². The van der Waals surface area contributed by atoms with Gasteiger partial charge in [-0.05, 0) is 38.3 Å². The van der Waals surface area contributed by atoms with Crippen LogP contribution in [0.5, 0.6) is 0 Å². The Morgan fingerprint density at radius 3 is 2.44 bits per heavy atom. The van der Waals surface area contributed by atoms with Gasteiger partial charge in [0.25, 0.3) is 5.91 Å². The highest BCUT2D eigenvalue weighted by atomic mass is 16.4. The molecule has 3 N–H and O–H groups in total. The number of carboxylic acids is 1. The minimum atomic E-state index is -0.928. The molecule has 3 atom stereocenters. The number of hydrogen-bond donors (Lipinski definition) is 3. The van der Waals surface area contributed by atoms with Gasteiger partial charge in [-0.3, -0.25) is 14.4 Å². The summed E-state index contributed by atoms with van der Waals surface area (Å²) in [5, 5.41) is 15.0. The summed E-state index contributed by atoms with van der Waals surface area (Å²) >= 11 is 0. The molecule has 6 nitrogen and oxygen atoms in total. The molecule has 6 heteroatoms. The molecule has 0 bridgehead atoms. The quantitative estimate of drug-likeness (QED) is 0.738. The number of nitrogens with one attached hydrogen (secondary N) is 2. The molecule has 0 aliphatic heterocycles. The fraction of sp³-hybridized carbons (Fsp3) is 0.526. The second kappa shape index (κ2) is 8.65. The first-order valence-electron chi connectivity index (χ1n) is 8.87. The van der Waals surface area contributed by atoms with Crippen molar-refractivity contribution in [2.24, 2.45) is 11.8 Å². The first kappa shape index (κ1) is 19.0. The summed E-state index contributed by atoms with van der Waals surface area (Å²) in [5.74, 6) is -2.71. The maximum atomic E-state index is 12.6. The number of hydrogen-bond acceptors (Lipinski definition) is 3. The van der Waals surface area contributed by atoms with Crippen molar-refractivity contribution in [2.45, 2.75) is 52.0 Å². The van der Waals surface area contributed by atoms with Crippen LogP contribution in [-0.4, -0.2) is 28.9 Å². The van der Waals surface area contributed by atoms with Gasteiger partial charge in [0.2, 0.25) is 5.91 Å². The first-order chi connectivity index (χ1) is 11.9. The van der Waals surface area contributed by atoms with Gasteiger partial charge >= 0.3 is 5.97 Å². The standard InChI is InChI=1S/C19H26N2O4/c1-3-12(2)20-18(23)15-10-6-7-11-16(15)21-17(22)13-8-4-5-9-14(13)19(24)25/h6-7,10-14H,3-5,8-9H2,1-2H3,(H,20,23)(H,21,22)(H,24,25)/t12-,13+,14+/m1/s1. The highest BCUT2D eigenvalue weighted by molar-refractivity contribution is 6.04. The lowest BCUT2D eigenvalue weighted by atomic mass is 9.78. The Morgan fingerprint density at radius 1 is 1.16 bits per heavy atom. The molecule has 0 heterocycles. The van der Waals surface area contributed by atoms with Crippen LogP contribution < -0.4 is 10.6 Å². The van der Waals surface area contributed by atoms with Crippen LogP contribution in [0.3, 0.4) is 0 Å². The molecule has 1 fully saturated rings. The zero-order valence-corrected chi connectivity index (χ0v) is 14.7. The van der Waals surface area contributed by atoms with Crippen molar-refractivity contribution in [3.05, 3.63) is 29.8 Å². The van der Waals surface area contributed by atoms with Crippen LogP contribution in [0.1, 0.15) is 56.3 Å². The highest BCUT2D eigenvalue weighted by Crippen LogP contribution is 2.31. The molecule has 25 heavy (non-hydrogen) atoms. The number of para-hydroxylation sites is 1. The molecule has 1 aromatic rings. The number of carbonyl (C=O) groups is 3. The third kappa shape index (κ3) is 4.81. The molecular formula is C19H26N2O4. The van der Waals surface area contributed by atoms with Gasteiger partial charge in [-0.15, -0.1) is 0 Å². The van der Waals surface area contributed by atoms with Gasteiger partial charge in [0.1, 0.15) is 0 Å². The SMILES string of the molecule is CC[C@@H](C)NC(=O)c1ccccc1NC(=O)[C@H]1CCCC[C@@H]1C(=O)O. The number of benzene rings is 1. The van der Waals surface area contributed by atoms with Crippen molar-refractivity contribution in [3.8, 4) is 0 Å². The Bertz CT molecular complexity index is 644. The summed E-state index contributed by atoms with van der Waals surface area (Å²) in [6, 6.07) is 6.84. The third-order valence-electron chi connectivity index (χ3n) is 4.84. The topological polar surface area (TPSA) is 95.5 Å². The molecule has 0 unspecified atom stereocenters. The molecule has 0 spiro atoms. The van der Waals surface area contributed by atoms with E-state index < -0.39 is 17.8 Å². The Labute approximate surface area is 148 Å². The summed E-state index contributed by atoms with van der Waals surface area (Å²) < 4.78 is 0. The van der Waals surface area contributed by atoms with Crippen LogP contribution in [-0.2, 0) is 9.59 Å². The minimum absolute atomic E-state index is 0.0333. The first-order valence-corrected chi connectivity index (χ1v) is 8.87. The van der Waals surface area contributed by atoms with Gasteiger partial charge in [0.05, 0.1) is 23.1 Å². The van der Waals surface area contributed by atoms with E-state index in [2.05, 4.69) is 10.6 Å². The largest absolute Gasteiger partial charge is 0.481 e. The average Bonchev–Trinajstić information content (AvgIpc) is 2.61. The number of amides is 2. The van der Waals surface area contributed by atoms with E-state index >= 15 is 0 Å². The molecular weight excluding hydrogens is 320 g/mol. The summed E-state index contributed by atoms with van der Waals surface area (Å²) in [7, 11) is 0. The van der Waals surface area contributed by atoms with E-state index in [4.69, 9.17) is 0 Å². The van der Waals surface area contributed by atoms with Crippen LogP contribution in [0.25, 0.3) is 0 Å². The molecule has 1 saturated carbocycles. The van der Waals surface area contributed by atoms with Gasteiger partial charge in [0.15, 0.2) is 0 Å². The molecule has 2 rings (SSSR count). The molecule has 2 amide bonds. The molecule has 136 valence electrons. The smallest absolute Gasteiger partial charge is 0.307 e. The second-order valence-corrected chi connectivity index (χ2v) is 6.65. The zero-order chi connectivity index (χ0) is 18.4. The number of carboxylic acid groups (broad SMARTS) is 1. The summed E-state index contributed by atoms with van der Waals surface area (Å²) in [6.45, 7) is 3.90. The fourth-order valence-corrected chi connectivity index (χ4v) is 3.16. The molecule has 0 saturated heterocycles. The van der Waals surface area contributed by atoms with Gasteiger partial charge in [0, 0.05) is 6.04 Å². The average molecular weight is 346 g/mol. The lowest BCUT2D eigenvalue weighted by molar-refractivity contribution is -0.147. The predicted molar refractivity (Wildman–Crippen MR) is 95.4 cm³/mol. The Morgan fingerprint density at radius 2 is 1.80 bits per heavy atom. The van der Waals surface area contributed by atoms with Crippen molar-refractivity contribution in [1.82, 2.24) is 5.32 Å². The van der Waals surface area contributed by atoms with Crippen molar-refractivity contribution in [2.75, 3.05) is 5.32 Å². The normalized spacial score (nSPS) is 21.2. The lowest BCUT2D eigenvalue weighted by Gasteiger charge is -2.27. The van der Waals surface area contributed by atoms with Crippen LogP contribution in [0.2, 0.25) is 0 Å². The minimum Gasteiger partial charge on any atom is -0.481 e. The van der Waals surface area contributed by atoms with Gasteiger partial charge in [-0.2, -0.15) is 0 Å². The monoisotopic (exact) mass is 346 g/mol. The van der Waals surface area contributed by atoms with Crippen molar-refractivity contribution in [3.63, 3.8) is 0 Å². The molecule has 1 aromatic carbocycles. The Balaban J connectivity index is 2.15. The summed E-state index contributed by atoms with van der Waals surface area (Å²) in [5.41, 5.74) is 0.807. The van der Waals surface area contributed by atoms with Gasteiger partial charge < -0.3 is 15.7 Å². The third-order valence-corrected chi connectivity index (χ3v) is 4.84. The van der Waals surface area contributed by atoms with E-state index in [0.717, 1.165) is 19.3 Å². The van der Waals surface area contributed by atoms with Gasteiger partial charge in [-0.1, -0.05) is 31.9 Å². The fourth-order valence-electron chi connectivity index (χ4n) is 3.16. The number of rotatable bonds is 6. The van der Waals surface area contributed by atoms with Crippen molar-refractivity contribution in [1.29, 1.82) is 0 Å². The second-order valence-electron chi connectivity index (χ2n) is 6.65. The number of anilines is 1. The molecule has 1 aliphatic rings. The molecule has 1 aliphatic carbocycles. The Hall–Kier alpha value is -2.37.